The zero-order valence-electron chi connectivity index (χ0n) is 22.9. The molecule has 2 saturated carbocycles. The molecule has 3 N–H and O–H groups in total. The molecule has 0 aromatic heterocycles. The van der Waals surface area contributed by atoms with Crippen molar-refractivity contribution in [3.05, 3.63) is 12.2 Å². The van der Waals surface area contributed by atoms with Crippen molar-refractivity contribution >= 4 is 37.0 Å². The summed E-state index contributed by atoms with van der Waals surface area (Å²) in [4.78, 5) is 53.0. The Bertz CT molecular complexity index is 998. The van der Waals surface area contributed by atoms with Crippen LogP contribution in [-0.2, 0) is 18.9 Å². The fourth-order valence-electron chi connectivity index (χ4n) is 6.80. The molecule has 0 aromatic rings. The summed E-state index contributed by atoms with van der Waals surface area (Å²) in [6, 6.07) is -1.46. The van der Waals surface area contributed by atoms with Crippen molar-refractivity contribution in [1.29, 1.82) is 0 Å². The van der Waals surface area contributed by atoms with Gasteiger partial charge in [0.15, 0.2) is 0 Å². The van der Waals surface area contributed by atoms with E-state index in [1.54, 1.807) is 16.7 Å². The summed E-state index contributed by atoms with van der Waals surface area (Å²) in [6.07, 6.45) is 15.0. The molecule has 3 amide bonds. The van der Waals surface area contributed by atoms with Crippen molar-refractivity contribution in [3.8, 4) is 0 Å². The van der Waals surface area contributed by atoms with Crippen molar-refractivity contribution in [2.45, 2.75) is 119 Å². The summed E-state index contributed by atoms with van der Waals surface area (Å²) < 4.78 is 19.4. The Labute approximate surface area is 236 Å². The average Bonchev–Trinajstić information content (AvgIpc) is 3.41. The highest BCUT2D eigenvalue weighted by Crippen LogP contribution is 2.70. The number of ether oxygens (including phenoxy) is 1. The van der Waals surface area contributed by atoms with E-state index in [2.05, 4.69) is 16.7 Å². The lowest BCUT2D eigenvalue weighted by atomic mass is 10.1. The second-order valence-electron chi connectivity index (χ2n) is 12.0. The Morgan fingerprint density at radius 1 is 1.10 bits per heavy atom. The first-order chi connectivity index (χ1) is 18.8. The summed E-state index contributed by atoms with van der Waals surface area (Å²) in [5.74, 6) is 0.224. The molecule has 218 valence electrons. The molecule has 0 aromatic carbocycles. The third kappa shape index (κ3) is 6.70. The first kappa shape index (κ1) is 29.0. The summed E-state index contributed by atoms with van der Waals surface area (Å²) in [6.45, 7) is 0.429. The van der Waals surface area contributed by atoms with Crippen molar-refractivity contribution in [3.63, 3.8) is 0 Å². The number of alkyl carbamates (subject to hydrolysis) is 1. The van der Waals surface area contributed by atoms with Crippen LogP contribution in [0.25, 0.3) is 0 Å². The fourth-order valence-corrected chi connectivity index (χ4v) is 11.3. The van der Waals surface area contributed by atoms with Crippen molar-refractivity contribution in [1.82, 2.24) is 15.5 Å². The van der Waals surface area contributed by atoms with Gasteiger partial charge in [-0.1, -0.05) is 25.0 Å². The third-order valence-corrected chi connectivity index (χ3v) is 13.6. The molecule has 2 unspecified atom stereocenters. The van der Waals surface area contributed by atoms with E-state index in [0.717, 1.165) is 70.0 Å². The fraction of sp³-hybridized carbons (Fsp3) is 0.821. The van der Waals surface area contributed by atoms with E-state index < -0.39 is 30.8 Å². The molecule has 0 spiro atoms. The zero-order chi connectivity index (χ0) is 27.5. The monoisotopic (exact) mass is 581 g/mol. The topological polar surface area (TPSA) is 125 Å². The number of rotatable bonds is 5. The van der Waals surface area contributed by atoms with Crippen LogP contribution in [0, 0.1) is 5.92 Å². The highest BCUT2D eigenvalue weighted by molar-refractivity contribution is 8.00. The van der Waals surface area contributed by atoms with Gasteiger partial charge in [-0.3, -0.25) is 14.2 Å². The first-order valence-corrected chi connectivity index (χ1v) is 17.9. The van der Waals surface area contributed by atoms with Gasteiger partial charge in [0.1, 0.15) is 23.5 Å². The maximum atomic E-state index is 13.9. The number of carbonyl (C=O) groups excluding carboxylic acids is 3. The molecule has 6 atom stereocenters. The predicted octanol–water partition coefficient (Wildman–Crippen LogP) is 4.53. The van der Waals surface area contributed by atoms with Gasteiger partial charge in [-0.15, -0.1) is 0 Å². The van der Waals surface area contributed by atoms with Crippen LogP contribution in [0.5, 0.6) is 0 Å². The lowest BCUT2D eigenvalue weighted by Crippen LogP contribution is -2.55. The summed E-state index contributed by atoms with van der Waals surface area (Å²) in [5, 5.41) is 4.85. The molecular weight excluding hydrogens is 537 g/mol. The minimum Gasteiger partial charge on any atom is -0.446 e. The molecule has 2 saturated heterocycles. The van der Waals surface area contributed by atoms with E-state index in [0.29, 0.717) is 32.2 Å². The van der Waals surface area contributed by atoms with Crippen LogP contribution in [0.4, 0.5) is 4.79 Å². The van der Waals surface area contributed by atoms with E-state index in [1.807, 2.05) is 6.08 Å². The van der Waals surface area contributed by atoms with E-state index in [4.69, 9.17) is 4.74 Å². The zero-order valence-corrected chi connectivity index (χ0v) is 24.6. The number of nitrogens with zero attached hydrogens (tertiary/aromatic N) is 1. The molecule has 0 radical (unpaired) electrons. The van der Waals surface area contributed by atoms with Gasteiger partial charge in [0.25, 0.3) is 0 Å². The smallest absolute Gasteiger partial charge is 0.408 e. The number of carbonyl (C=O) groups is 3. The second kappa shape index (κ2) is 12.6. The molecule has 3 aliphatic heterocycles. The van der Waals surface area contributed by atoms with Crippen LogP contribution in [0.2, 0.25) is 0 Å². The molecule has 3 heterocycles. The van der Waals surface area contributed by atoms with E-state index >= 15 is 0 Å². The number of nitrogens with one attached hydrogen (secondary N) is 2. The minimum absolute atomic E-state index is 0.0982. The standard InChI is InChI=1S/C28H44N3O6PS/c32-25-24-15-8-16-31(24)26(33)23(29-27(34)37-21-11-6-7-12-21)14-5-3-1-2-4-10-20-18-28(20,30-25)38(35,36)19-22-13-9-17-39-22/h4,10,20-24H,1-3,5-9,11-19H2,(H,29,34)(H,30,32)(H,35,36)/b10-4-/t20-,22?,23+,24+,28+/m1/s1. The Morgan fingerprint density at radius 3 is 2.67 bits per heavy atom. The van der Waals surface area contributed by atoms with Gasteiger partial charge in [0, 0.05) is 23.9 Å². The largest absolute Gasteiger partial charge is 0.446 e. The predicted molar refractivity (Wildman–Crippen MR) is 152 cm³/mol. The van der Waals surface area contributed by atoms with E-state index in [1.165, 1.54) is 0 Å². The number of amides is 3. The Hall–Kier alpha value is -1.51. The highest BCUT2D eigenvalue weighted by Gasteiger charge is 2.66. The van der Waals surface area contributed by atoms with Crippen LogP contribution in [0.3, 0.4) is 0 Å². The van der Waals surface area contributed by atoms with Crippen LogP contribution in [0.1, 0.15) is 89.9 Å². The van der Waals surface area contributed by atoms with Crippen LogP contribution in [0.15, 0.2) is 12.2 Å². The summed E-state index contributed by atoms with van der Waals surface area (Å²) in [7, 11) is -3.70. The second-order valence-corrected chi connectivity index (χ2v) is 16.0. The van der Waals surface area contributed by atoms with Gasteiger partial charge in [0.2, 0.25) is 19.2 Å². The van der Waals surface area contributed by atoms with E-state index in [-0.39, 0.29) is 35.2 Å². The maximum Gasteiger partial charge on any atom is 0.408 e. The van der Waals surface area contributed by atoms with Crippen LogP contribution < -0.4 is 10.6 Å². The molecule has 5 aliphatic rings. The first-order valence-electron chi connectivity index (χ1n) is 15.0. The normalized spacial score (nSPS) is 36.6. The van der Waals surface area contributed by atoms with Gasteiger partial charge in [-0.25, -0.2) is 4.79 Å². The lowest BCUT2D eigenvalue weighted by molar-refractivity contribution is -0.140. The lowest BCUT2D eigenvalue weighted by Gasteiger charge is -2.32. The van der Waals surface area contributed by atoms with Crippen molar-refractivity contribution in [2.24, 2.45) is 5.92 Å². The average molecular weight is 582 g/mol. The van der Waals surface area contributed by atoms with Gasteiger partial charge >= 0.3 is 6.09 Å². The number of fused-ring (bicyclic) bond motifs is 2. The SMILES string of the molecule is O=C(N[C@H]1CCCCC/C=C\[C@@H]2C[C@@]2(P(=O)(O)CC2CCCS2)NC(=O)[C@@H]2CCCN2C1=O)OC1CCCC1. The molecular formula is C28H44N3O6PS. The maximum absolute atomic E-state index is 13.9. The Balaban J connectivity index is 1.33. The Kier molecular flexibility index (Phi) is 9.34. The molecule has 0 bridgehead atoms. The molecule has 4 fully saturated rings. The number of hydrogen-bond acceptors (Lipinski definition) is 6. The number of thioether (sulfide) groups is 1. The van der Waals surface area contributed by atoms with Gasteiger partial charge in [0.05, 0.1) is 0 Å². The third-order valence-electron chi connectivity index (χ3n) is 9.16. The quantitative estimate of drug-likeness (QED) is 0.322. The summed E-state index contributed by atoms with van der Waals surface area (Å²) >= 11 is 1.75. The van der Waals surface area contributed by atoms with Gasteiger partial charge < -0.3 is 25.2 Å². The number of hydrogen-bond donors (Lipinski definition) is 3. The minimum atomic E-state index is -3.70. The number of allylic oxidation sites excluding steroid dienone is 1. The van der Waals surface area contributed by atoms with Gasteiger partial charge in [-0.05, 0) is 82.8 Å². The van der Waals surface area contributed by atoms with E-state index in [9.17, 15) is 23.8 Å². The molecule has 9 nitrogen and oxygen atoms in total. The van der Waals surface area contributed by atoms with Crippen molar-refractivity contribution < 1.29 is 28.6 Å². The molecule has 5 rings (SSSR count). The highest BCUT2D eigenvalue weighted by atomic mass is 32.2. The van der Waals surface area contributed by atoms with Crippen molar-refractivity contribution in [2.75, 3.05) is 18.5 Å². The molecule has 2 aliphatic carbocycles. The molecule has 39 heavy (non-hydrogen) atoms. The summed E-state index contributed by atoms with van der Waals surface area (Å²) in [5.41, 5.74) is 0. The van der Waals surface area contributed by atoms with Crippen LogP contribution >= 0.6 is 19.1 Å². The van der Waals surface area contributed by atoms with Gasteiger partial charge in [-0.2, -0.15) is 11.8 Å². The van der Waals surface area contributed by atoms with Crippen LogP contribution in [-0.4, -0.2) is 74.9 Å². The molecule has 11 heteroatoms. The Morgan fingerprint density at radius 2 is 1.90 bits per heavy atom.